The van der Waals surface area contributed by atoms with Gasteiger partial charge in [0.1, 0.15) is 0 Å². The summed E-state index contributed by atoms with van der Waals surface area (Å²) >= 11 is 6.06. The molecule has 22 heavy (non-hydrogen) atoms. The summed E-state index contributed by atoms with van der Waals surface area (Å²) in [7, 11) is 0. The lowest BCUT2D eigenvalue weighted by molar-refractivity contribution is -0.126. The van der Waals surface area contributed by atoms with E-state index in [2.05, 4.69) is 10.3 Å². The molecule has 116 valence electrons. The van der Waals surface area contributed by atoms with Gasteiger partial charge in [-0.1, -0.05) is 11.6 Å². The van der Waals surface area contributed by atoms with Crippen LogP contribution in [-0.4, -0.2) is 29.6 Å². The molecule has 1 aromatic carbocycles. The monoisotopic (exact) mass is 318 g/mol. The zero-order chi connectivity index (χ0) is 15.1. The second-order valence-corrected chi connectivity index (χ2v) is 6.70. The standard InChI is InChI=1S/C17H19ClN2O2/c18-11-1-3-15-13(7-11)10(9-20-15)5-6-19-17(21)14-8-12-2-4-16(14)22-12/h1,3,7,9,12,14,16,20H,2,4-6,8H2,(H,19,21)/t12-,14-,16-/m1/s1. The number of hydrogen-bond acceptors (Lipinski definition) is 2. The molecule has 2 bridgehead atoms. The molecule has 0 aliphatic carbocycles. The average molecular weight is 319 g/mol. The Labute approximate surface area is 134 Å². The number of ether oxygens (including phenoxy) is 1. The molecule has 2 aliphatic rings. The van der Waals surface area contributed by atoms with E-state index < -0.39 is 0 Å². The van der Waals surface area contributed by atoms with Gasteiger partial charge in [-0.3, -0.25) is 4.79 Å². The van der Waals surface area contributed by atoms with Crippen LogP contribution in [0.1, 0.15) is 24.8 Å². The van der Waals surface area contributed by atoms with E-state index in [1.165, 1.54) is 5.56 Å². The van der Waals surface area contributed by atoms with Gasteiger partial charge < -0.3 is 15.0 Å². The summed E-state index contributed by atoms with van der Waals surface area (Å²) in [5, 5.41) is 4.92. The lowest BCUT2D eigenvalue weighted by Crippen LogP contribution is -2.36. The topological polar surface area (TPSA) is 54.1 Å². The molecule has 2 fully saturated rings. The molecule has 4 rings (SSSR count). The minimum absolute atomic E-state index is 0.0520. The zero-order valence-corrected chi connectivity index (χ0v) is 13.0. The van der Waals surface area contributed by atoms with Gasteiger partial charge in [-0.2, -0.15) is 0 Å². The van der Waals surface area contributed by atoms with E-state index in [9.17, 15) is 4.79 Å². The normalized spacial score (nSPS) is 26.7. The quantitative estimate of drug-likeness (QED) is 0.910. The Balaban J connectivity index is 1.36. The zero-order valence-electron chi connectivity index (χ0n) is 12.3. The van der Waals surface area contributed by atoms with E-state index in [1.54, 1.807) is 0 Å². The highest BCUT2D eigenvalue weighted by molar-refractivity contribution is 6.31. The first kappa shape index (κ1) is 14.1. The van der Waals surface area contributed by atoms with Gasteiger partial charge in [0.2, 0.25) is 5.91 Å². The smallest absolute Gasteiger partial charge is 0.225 e. The van der Waals surface area contributed by atoms with Crippen LogP contribution in [0.5, 0.6) is 0 Å². The molecule has 0 saturated carbocycles. The van der Waals surface area contributed by atoms with E-state index in [0.29, 0.717) is 12.6 Å². The van der Waals surface area contributed by atoms with Crippen molar-refractivity contribution in [2.45, 2.75) is 37.9 Å². The van der Waals surface area contributed by atoms with Gasteiger partial charge in [0.05, 0.1) is 18.1 Å². The second kappa shape index (κ2) is 5.60. The summed E-state index contributed by atoms with van der Waals surface area (Å²) in [4.78, 5) is 15.5. The first-order chi connectivity index (χ1) is 10.7. The first-order valence-corrected chi connectivity index (χ1v) is 8.27. The average Bonchev–Trinajstić information content (AvgIpc) is 3.22. The third-order valence-corrected chi connectivity index (χ3v) is 5.10. The van der Waals surface area contributed by atoms with Crippen molar-refractivity contribution in [2.24, 2.45) is 5.92 Å². The number of carbonyl (C=O) groups excluding carboxylic acids is 1. The molecule has 3 atom stereocenters. The molecule has 2 N–H and O–H groups in total. The van der Waals surface area contributed by atoms with Crippen molar-refractivity contribution in [1.82, 2.24) is 10.3 Å². The largest absolute Gasteiger partial charge is 0.374 e. The number of halogens is 1. The van der Waals surface area contributed by atoms with E-state index in [4.69, 9.17) is 16.3 Å². The number of amides is 1. The Kier molecular flexibility index (Phi) is 3.59. The maximum absolute atomic E-state index is 12.3. The molecule has 1 amide bonds. The van der Waals surface area contributed by atoms with E-state index in [1.807, 2.05) is 24.4 Å². The Hall–Kier alpha value is -1.52. The molecule has 3 heterocycles. The van der Waals surface area contributed by atoms with Crippen molar-refractivity contribution < 1.29 is 9.53 Å². The Morgan fingerprint density at radius 1 is 1.41 bits per heavy atom. The predicted octanol–water partition coefficient (Wildman–Crippen LogP) is 3.05. The summed E-state index contributed by atoms with van der Waals surface area (Å²) in [5.41, 5.74) is 2.26. The summed E-state index contributed by atoms with van der Waals surface area (Å²) in [6, 6.07) is 5.82. The fourth-order valence-electron chi connectivity index (χ4n) is 3.72. The molecule has 2 aromatic rings. The maximum Gasteiger partial charge on any atom is 0.225 e. The molecule has 5 heteroatoms. The molecule has 0 spiro atoms. The highest BCUT2D eigenvalue weighted by Gasteiger charge is 2.44. The van der Waals surface area contributed by atoms with Crippen LogP contribution in [0.25, 0.3) is 10.9 Å². The van der Waals surface area contributed by atoms with Gasteiger partial charge in [0.25, 0.3) is 0 Å². The lowest BCUT2D eigenvalue weighted by Gasteiger charge is -2.17. The number of benzene rings is 1. The van der Waals surface area contributed by atoms with Gasteiger partial charge in [-0.15, -0.1) is 0 Å². The van der Waals surface area contributed by atoms with E-state index >= 15 is 0 Å². The third kappa shape index (κ3) is 2.50. The highest BCUT2D eigenvalue weighted by atomic mass is 35.5. The van der Waals surface area contributed by atoms with Crippen LogP contribution in [0.2, 0.25) is 5.02 Å². The third-order valence-electron chi connectivity index (χ3n) is 4.87. The highest BCUT2D eigenvalue weighted by Crippen LogP contribution is 2.38. The van der Waals surface area contributed by atoms with Crippen LogP contribution < -0.4 is 5.32 Å². The fourth-order valence-corrected chi connectivity index (χ4v) is 3.89. The van der Waals surface area contributed by atoms with Crippen molar-refractivity contribution >= 4 is 28.4 Å². The molecule has 2 aliphatic heterocycles. The molecule has 4 nitrogen and oxygen atoms in total. The SMILES string of the molecule is O=C(NCCc1c[nH]c2ccc(Cl)cc12)[C@@H]1C[C@H]2CC[C@H]1O2. The number of nitrogens with one attached hydrogen (secondary N) is 2. The number of H-pyrrole nitrogens is 1. The fraction of sp³-hybridized carbons (Fsp3) is 0.471. The predicted molar refractivity (Wildman–Crippen MR) is 86.0 cm³/mol. The Bertz CT molecular complexity index is 712. The Morgan fingerprint density at radius 2 is 2.32 bits per heavy atom. The van der Waals surface area contributed by atoms with Crippen LogP contribution in [0, 0.1) is 5.92 Å². The van der Waals surface area contributed by atoms with Gasteiger partial charge in [-0.05, 0) is 49.4 Å². The minimum atomic E-state index is 0.0520. The molecule has 0 radical (unpaired) electrons. The van der Waals surface area contributed by atoms with Crippen LogP contribution >= 0.6 is 11.6 Å². The van der Waals surface area contributed by atoms with Crippen molar-refractivity contribution in [2.75, 3.05) is 6.54 Å². The van der Waals surface area contributed by atoms with Gasteiger partial charge in [-0.25, -0.2) is 0 Å². The summed E-state index contributed by atoms with van der Waals surface area (Å²) in [6.07, 6.45) is 6.29. The lowest BCUT2D eigenvalue weighted by atomic mass is 9.88. The number of rotatable bonds is 4. The second-order valence-electron chi connectivity index (χ2n) is 6.26. The maximum atomic E-state index is 12.3. The van der Waals surface area contributed by atoms with Gasteiger partial charge in [0.15, 0.2) is 0 Å². The molecular weight excluding hydrogens is 300 g/mol. The van der Waals surface area contributed by atoms with E-state index in [0.717, 1.165) is 41.6 Å². The molecular formula is C17H19ClN2O2. The Morgan fingerprint density at radius 3 is 3.09 bits per heavy atom. The van der Waals surface area contributed by atoms with Crippen molar-refractivity contribution in [1.29, 1.82) is 0 Å². The van der Waals surface area contributed by atoms with Gasteiger partial charge in [0, 0.05) is 28.7 Å². The number of hydrogen-bond donors (Lipinski definition) is 2. The summed E-state index contributed by atoms with van der Waals surface area (Å²) in [6.45, 7) is 0.645. The number of carbonyl (C=O) groups is 1. The number of aromatic amines is 1. The molecule has 1 aromatic heterocycles. The van der Waals surface area contributed by atoms with E-state index in [-0.39, 0.29) is 17.9 Å². The van der Waals surface area contributed by atoms with Crippen molar-refractivity contribution in [3.8, 4) is 0 Å². The summed E-state index contributed by atoms with van der Waals surface area (Å²) in [5.74, 6) is 0.196. The van der Waals surface area contributed by atoms with Crippen molar-refractivity contribution in [3.63, 3.8) is 0 Å². The van der Waals surface area contributed by atoms with Crippen LogP contribution in [0.3, 0.4) is 0 Å². The van der Waals surface area contributed by atoms with Gasteiger partial charge >= 0.3 is 0 Å². The first-order valence-electron chi connectivity index (χ1n) is 7.89. The molecule has 2 saturated heterocycles. The van der Waals surface area contributed by atoms with Crippen LogP contribution in [-0.2, 0) is 16.0 Å². The summed E-state index contributed by atoms with van der Waals surface area (Å²) < 4.78 is 5.75. The van der Waals surface area contributed by atoms with Crippen LogP contribution in [0.15, 0.2) is 24.4 Å². The number of aromatic nitrogens is 1. The van der Waals surface area contributed by atoms with Crippen LogP contribution in [0.4, 0.5) is 0 Å². The number of fused-ring (bicyclic) bond motifs is 3. The molecule has 0 unspecified atom stereocenters. The minimum Gasteiger partial charge on any atom is -0.374 e. The van der Waals surface area contributed by atoms with Crippen molar-refractivity contribution in [3.05, 3.63) is 35.0 Å².